The maximum Gasteiger partial charge on any atom is -0.0169 e. The molecule has 0 rings (SSSR count). The molecule has 0 spiro atoms. The molecule has 0 saturated carbocycles. The SMILES string of the molecule is CC/C=C\CC=CCCCCC. The highest BCUT2D eigenvalue weighted by Gasteiger charge is 1.80. The van der Waals surface area contributed by atoms with Crippen LogP contribution in [0.2, 0.25) is 0 Å². The quantitative estimate of drug-likeness (QED) is 0.386. The first-order valence-electron chi connectivity index (χ1n) is 5.21. The predicted molar refractivity (Wildman–Crippen MR) is 57.3 cm³/mol. The van der Waals surface area contributed by atoms with E-state index in [-0.39, 0.29) is 0 Å². The van der Waals surface area contributed by atoms with E-state index in [4.69, 9.17) is 0 Å². The molecule has 0 aliphatic carbocycles. The summed E-state index contributed by atoms with van der Waals surface area (Å²) in [6, 6.07) is 0. The van der Waals surface area contributed by atoms with Crippen LogP contribution in [0.5, 0.6) is 0 Å². The van der Waals surface area contributed by atoms with Gasteiger partial charge in [-0.2, -0.15) is 0 Å². The lowest BCUT2D eigenvalue weighted by atomic mass is 10.2. The molecular weight excluding hydrogens is 144 g/mol. The zero-order chi connectivity index (χ0) is 9.07. The Labute approximate surface area is 77.4 Å². The van der Waals surface area contributed by atoms with Gasteiger partial charge in [0, 0.05) is 0 Å². The summed E-state index contributed by atoms with van der Waals surface area (Å²) in [5.41, 5.74) is 0. The fraction of sp³-hybridized carbons (Fsp3) is 0.667. The molecule has 0 aliphatic heterocycles. The van der Waals surface area contributed by atoms with E-state index in [1.54, 1.807) is 0 Å². The highest BCUT2D eigenvalue weighted by atomic mass is 13.9. The third-order valence-electron chi connectivity index (χ3n) is 1.82. The summed E-state index contributed by atoms with van der Waals surface area (Å²) in [5.74, 6) is 0. The van der Waals surface area contributed by atoms with Crippen molar-refractivity contribution in [2.24, 2.45) is 0 Å². The van der Waals surface area contributed by atoms with Crippen LogP contribution in [0.1, 0.15) is 52.4 Å². The Bertz CT molecular complexity index is 120. The molecule has 0 bridgehead atoms. The molecule has 0 aliphatic rings. The molecular formula is C12H22. The van der Waals surface area contributed by atoms with E-state index in [0.29, 0.717) is 0 Å². The van der Waals surface area contributed by atoms with E-state index in [9.17, 15) is 0 Å². The summed E-state index contributed by atoms with van der Waals surface area (Å²) in [6.45, 7) is 4.41. The lowest BCUT2D eigenvalue weighted by molar-refractivity contribution is 0.728. The van der Waals surface area contributed by atoms with E-state index in [1.807, 2.05) is 0 Å². The molecule has 0 heterocycles. The van der Waals surface area contributed by atoms with Gasteiger partial charge in [0.05, 0.1) is 0 Å². The van der Waals surface area contributed by atoms with E-state index in [0.717, 1.165) is 12.8 Å². The third kappa shape index (κ3) is 9.48. The molecule has 0 aromatic rings. The van der Waals surface area contributed by atoms with Gasteiger partial charge in [0.1, 0.15) is 0 Å². The lowest BCUT2D eigenvalue weighted by Gasteiger charge is -1.90. The minimum atomic E-state index is 1.11. The standard InChI is InChI=1S/C12H22/c1-3-5-7-9-11-12-10-8-6-4-2/h5,7,11-12H,3-4,6,8-10H2,1-2H3/b7-5-,12-11?. The van der Waals surface area contributed by atoms with Crippen LogP contribution < -0.4 is 0 Å². The molecule has 0 heteroatoms. The first kappa shape index (κ1) is 11.5. The number of unbranched alkanes of at least 4 members (excludes halogenated alkanes) is 3. The average molecular weight is 166 g/mol. The third-order valence-corrected chi connectivity index (χ3v) is 1.82. The van der Waals surface area contributed by atoms with Crippen molar-refractivity contribution in [3.63, 3.8) is 0 Å². The summed E-state index contributed by atoms with van der Waals surface area (Å²) in [5, 5.41) is 0. The first-order valence-corrected chi connectivity index (χ1v) is 5.21. The van der Waals surface area contributed by atoms with Gasteiger partial charge in [-0.05, 0) is 25.7 Å². The van der Waals surface area contributed by atoms with E-state index < -0.39 is 0 Å². The van der Waals surface area contributed by atoms with Crippen LogP contribution in [0, 0.1) is 0 Å². The molecule has 0 fully saturated rings. The van der Waals surface area contributed by atoms with Crippen molar-refractivity contribution < 1.29 is 0 Å². The second-order valence-corrected chi connectivity index (χ2v) is 3.08. The van der Waals surface area contributed by atoms with Gasteiger partial charge in [-0.15, -0.1) is 0 Å². The molecule has 0 saturated heterocycles. The smallest absolute Gasteiger partial charge is 0.0169 e. The zero-order valence-corrected chi connectivity index (χ0v) is 8.55. The summed E-state index contributed by atoms with van der Waals surface area (Å²) in [4.78, 5) is 0. The second-order valence-electron chi connectivity index (χ2n) is 3.08. The number of hydrogen-bond donors (Lipinski definition) is 0. The fourth-order valence-electron chi connectivity index (χ4n) is 1.07. The summed E-state index contributed by atoms with van der Waals surface area (Å²) < 4.78 is 0. The van der Waals surface area contributed by atoms with E-state index in [1.165, 1.54) is 25.7 Å². The first-order chi connectivity index (χ1) is 5.91. The van der Waals surface area contributed by atoms with Gasteiger partial charge < -0.3 is 0 Å². The van der Waals surface area contributed by atoms with Crippen molar-refractivity contribution in [3.8, 4) is 0 Å². The molecule has 12 heavy (non-hydrogen) atoms. The molecule has 0 N–H and O–H groups in total. The number of hydrogen-bond acceptors (Lipinski definition) is 0. The maximum atomic E-state index is 2.30. The molecule has 0 atom stereocenters. The highest BCUT2D eigenvalue weighted by Crippen LogP contribution is 2.00. The number of rotatable bonds is 7. The van der Waals surface area contributed by atoms with Crippen LogP contribution in [0.15, 0.2) is 24.3 Å². The minimum Gasteiger partial charge on any atom is -0.0885 e. The molecule has 0 aromatic carbocycles. The molecule has 0 radical (unpaired) electrons. The van der Waals surface area contributed by atoms with Crippen LogP contribution in [0.4, 0.5) is 0 Å². The summed E-state index contributed by atoms with van der Waals surface area (Å²) in [7, 11) is 0. The van der Waals surface area contributed by atoms with E-state index >= 15 is 0 Å². The Hall–Kier alpha value is -0.520. The van der Waals surface area contributed by atoms with Gasteiger partial charge >= 0.3 is 0 Å². The zero-order valence-electron chi connectivity index (χ0n) is 8.55. The van der Waals surface area contributed by atoms with Gasteiger partial charge in [-0.1, -0.05) is 51.0 Å². The maximum absolute atomic E-state index is 2.30. The van der Waals surface area contributed by atoms with Crippen molar-refractivity contribution in [2.75, 3.05) is 0 Å². The largest absolute Gasteiger partial charge is 0.0885 e. The van der Waals surface area contributed by atoms with Crippen molar-refractivity contribution in [2.45, 2.75) is 52.4 Å². The number of allylic oxidation sites excluding steroid dienone is 4. The molecule has 0 aromatic heterocycles. The molecule has 0 nitrogen and oxygen atoms in total. The molecule has 0 unspecified atom stereocenters. The predicted octanol–water partition coefficient (Wildman–Crippen LogP) is 4.48. The Morgan fingerprint density at radius 2 is 1.58 bits per heavy atom. The Morgan fingerprint density at radius 3 is 2.25 bits per heavy atom. The average Bonchev–Trinajstić information content (AvgIpc) is 2.10. The van der Waals surface area contributed by atoms with Crippen molar-refractivity contribution >= 4 is 0 Å². The van der Waals surface area contributed by atoms with Gasteiger partial charge in [0.15, 0.2) is 0 Å². The van der Waals surface area contributed by atoms with Gasteiger partial charge in [0.2, 0.25) is 0 Å². The van der Waals surface area contributed by atoms with Gasteiger partial charge in [-0.3, -0.25) is 0 Å². The van der Waals surface area contributed by atoms with E-state index in [2.05, 4.69) is 38.2 Å². The van der Waals surface area contributed by atoms with Crippen molar-refractivity contribution in [1.29, 1.82) is 0 Å². The van der Waals surface area contributed by atoms with Crippen LogP contribution in [-0.2, 0) is 0 Å². The molecule has 0 amide bonds. The Kier molecular flexibility index (Phi) is 10.0. The highest BCUT2D eigenvalue weighted by molar-refractivity contribution is 4.92. The van der Waals surface area contributed by atoms with Crippen LogP contribution in [-0.4, -0.2) is 0 Å². The van der Waals surface area contributed by atoms with Crippen LogP contribution in [0.3, 0.4) is 0 Å². The monoisotopic (exact) mass is 166 g/mol. The van der Waals surface area contributed by atoms with Crippen molar-refractivity contribution in [3.05, 3.63) is 24.3 Å². The van der Waals surface area contributed by atoms with Crippen LogP contribution in [0.25, 0.3) is 0 Å². The minimum absolute atomic E-state index is 1.11. The second kappa shape index (κ2) is 10.5. The fourth-order valence-corrected chi connectivity index (χ4v) is 1.07. The van der Waals surface area contributed by atoms with Crippen molar-refractivity contribution in [1.82, 2.24) is 0 Å². The molecule has 70 valence electrons. The summed E-state index contributed by atoms with van der Waals surface area (Å²) in [6.07, 6.45) is 16.6. The van der Waals surface area contributed by atoms with Crippen LogP contribution >= 0.6 is 0 Å². The van der Waals surface area contributed by atoms with Gasteiger partial charge in [0.25, 0.3) is 0 Å². The Balaban J connectivity index is 3.08. The topological polar surface area (TPSA) is 0 Å². The van der Waals surface area contributed by atoms with Gasteiger partial charge in [-0.25, -0.2) is 0 Å². The normalized spacial score (nSPS) is 11.8. The lowest BCUT2D eigenvalue weighted by Crippen LogP contribution is -1.70. The Morgan fingerprint density at radius 1 is 0.833 bits per heavy atom. The summed E-state index contributed by atoms with van der Waals surface area (Å²) >= 11 is 0.